The fraction of sp³-hybridized carbons (Fsp3) is 0.600. The van der Waals surface area contributed by atoms with E-state index >= 15 is 0 Å². The Morgan fingerprint density at radius 3 is 2.53 bits per heavy atom. The highest BCUT2D eigenvalue weighted by Gasteiger charge is 2.21. The molecule has 2 rings (SSSR count). The summed E-state index contributed by atoms with van der Waals surface area (Å²) in [4.78, 5) is 0.532. The van der Waals surface area contributed by atoms with Crippen molar-refractivity contribution in [1.29, 1.82) is 0 Å². The molecule has 0 bridgehead atoms. The van der Waals surface area contributed by atoms with Crippen LogP contribution in [-0.4, -0.2) is 13.7 Å². The van der Waals surface area contributed by atoms with Crippen LogP contribution < -0.4 is 0 Å². The van der Waals surface area contributed by atoms with E-state index in [9.17, 15) is 0 Å². The van der Waals surface area contributed by atoms with Crippen LogP contribution in [0.15, 0.2) is 24.3 Å². The van der Waals surface area contributed by atoms with Gasteiger partial charge < -0.3 is 4.74 Å². The third kappa shape index (κ3) is 3.82. The lowest BCUT2D eigenvalue weighted by atomic mass is 9.81. The lowest BCUT2D eigenvalue weighted by Gasteiger charge is -2.27. The molecule has 94 valence electrons. The van der Waals surface area contributed by atoms with Crippen molar-refractivity contribution in [3.05, 3.63) is 35.4 Å². The first-order chi connectivity index (χ1) is 8.29. The van der Waals surface area contributed by atoms with Gasteiger partial charge in [0.2, 0.25) is 0 Å². The SMILES string of the molecule is COCCc1ccc(C(Br)CC2CCC2)cc1. The van der Waals surface area contributed by atoms with Crippen LogP contribution in [0.3, 0.4) is 0 Å². The van der Waals surface area contributed by atoms with Gasteiger partial charge in [0.1, 0.15) is 0 Å². The van der Waals surface area contributed by atoms with Gasteiger partial charge >= 0.3 is 0 Å². The van der Waals surface area contributed by atoms with Crippen LogP contribution in [-0.2, 0) is 11.2 Å². The molecule has 17 heavy (non-hydrogen) atoms. The molecular weight excluding hydrogens is 276 g/mol. The van der Waals surface area contributed by atoms with Crippen molar-refractivity contribution in [2.24, 2.45) is 5.92 Å². The Labute approximate surface area is 113 Å². The highest BCUT2D eigenvalue weighted by Crippen LogP contribution is 2.38. The molecule has 0 saturated heterocycles. The van der Waals surface area contributed by atoms with E-state index in [0.717, 1.165) is 18.9 Å². The highest BCUT2D eigenvalue weighted by atomic mass is 79.9. The number of alkyl halides is 1. The summed E-state index contributed by atoms with van der Waals surface area (Å²) in [6.45, 7) is 0.805. The first kappa shape index (κ1) is 13.1. The second-order valence-electron chi connectivity index (χ2n) is 4.98. The molecule has 1 aromatic carbocycles. The molecule has 1 aromatic rings. The quantitative estimate of drug-likeness (QED) is 0.702. The number of benzene rings is 1. The molecular formula is C15H21BrO. The minimum Gasteiger partial charge on any atom is -0.384 e. The minimum atomic E-state index is 0.532. The predicted molar refractivity (Wildman–Crippen MR) is 75.6 cm³/mol. The molecule has 1 aliphatic rings. The molecule has 2 heteroatoms. The molecule has 0 heterocycles. The third-order valence-electron chi connectivity index (χ3n) is 3.70. The van der Waals surface area contributed by atoms with Crippen molar-refractivity contribution in [3.8, 4) is 0 Å². The predicted octanol–water partition coefficient (Wildman–Crippen LogP) is 4.50. The Bertz CT molecular complexity index is 329. The van der Waals surface area contributed by atoms with Gasteiger partial charge in [-0.2, -0.15) is 0 Å². The summed E-state index contributed by atoms with van der Waals surface area (Å²) >= 11 is 3.81. The van der Waals surface area contributed by atoms with E-state index < -0.39 is 0 Å². The molecule has 0 N–H and O–H groups in total. The van der Waals surface area contributed by atoms with Gasteiger partial charge in [-0.25, -0.2) is 0 Å². The van der Waals surface area contributed by atoms with Crippen molar-refractivity contribution in [2.45, 2.75) is 36.9 Å². The lowest BCUT2D eigenvalue weighted by molar-refractivity contribution is 0.202. The zero-order chi connectivity index (χ0) is 12.1. The highest BCUT2D eigenvalue weighted by molar-refractivity contribution is 9.09. The van der Waals surface area contributed by atoms with Gasteiger partial charge in [0.05, 0.1) is 6.61 Å². The lowest BCUT2D eigenvalue weighted by Crippen LogP contribution is -2.12. The maximum atomic E-state index is 5.09. The van der Waals surface area contributed by atoms with Gasteiger partial charge in [-0.3, -0.25) is 0 Å². The molecule has 1 saturated carbocycles. The normalized spacial score (nSPS) is 17.8. The van der Waals surface area contributed by atoms with E-state index in [2.05, 4.69) is 40.2 Å². The molecule has 0 aliphatic heterocycles. The first-order valence-electron chi connectivity index (χ1n) is 6.51. The number of hydrogen-bond donors (Lipinski definition) is 0. The number of hydrogen-bond acceptors (Lipinski definition) is 1. The standard InChI is InChI=1S/C15H21BrO/c1-17-10-9-12-5-7-14(8-6-12)15(16)11-13-3-2-4-13/h5-8,13,15H,2-4,9-11H2,1H3. The molecule has 1 aliphatic carbocycles. The van der Waals surface area contributed by atoms with E-state index in [4.69, 9.17) is 4.74 Å². The summed E-state index contributed by atoms with van der Waals surface area (Å²) in [6, 6.07) is 8.96. The van der Waals surface area contributed by atoms with Gasteiger partial charge in [0.25, 0.3) is 0 Å². The van der Waals surface area contributed by atoms with E-state index in [-0.39, 0.29) is 0 Å². The monoisotopic (exact) mass is 296 g/mol. The Morgan fingerprint density at radius 2 is 2.00 bits per heavy atom. The molecule has 0 aromatic heterocycles. The molecule has 0 spiro atoms. The van der Waals surface area contributed by atoms with Gasteiger partial charge in [0, 0.05) is 11.9 Å². The van der Waals surface area contributed by atoms with Crippen LogP contribution in [0.5, 0.6) is 0 Å². The maximum absolute atomic E-state index is 5.09. The van der Waals surface area contributed by atoms with Gasteiger partial charge in [-0.05, 0) is 29.9 Å². The fourth-order valence-electron chi connectivity index (χ4n) is 2.27. The summed E-state index contributed by atoms with van der Waals surface area (Å²) < 4.78 is 5.09. The van der Waals surface area contributed by atoms with Crippen LogP contribution in [0, 0.1) is 5.92 Å². The zero-order valence-corrected chi connectivity index (χ0v) is 12.1. The molecule has 0 radical (unpaired) electrons. The fourth-order valence-corrected chi connectivity index (χ4v) is 3.10. The molecule has 1 fully saturated rings. The smallest absolute Gasteiger partial charge is 0.0502 e. The Balaban J connectivity index is 1.87. The van der Waals surface area contributed by atoms with Crippen LogP contribution in [0.2, 0.25) is 0 Å². The van der Waals surface area contributed by atoms with Crippen LogP contribution in [0.4, 0.5) is 0 Å². The molecule has 1 unspecified atom stereocenters. The largest absolute Gasteiger partial charge is 0.384 e. The van der Waals surface area contributed by atoms with E-state index in [0.29, 0.717) is 4.83 Å². The number of ether oxygens (including phenoxy) is 1. The zero-order valence-electron chi connectivity index (χ0n) is 10.5. The van der Waals surface area contributed by atoms with E-state index in [1.165, 1.54) is 36.8 Å². The minimum absolute atomic E-state index is 0.532. The Kier molecular flexibility index (Phi) is 5.05. The number of methoxy groups -OCH3 is 1. The van der Waals surface area contributed by atoms with Crippen LogP contribution >= 0.6 is 15.9 Å². The molecule has 1 atom stereocenters. The second-order valence-corrected chi connectivity index (χ2v) is 6.09. The summed E-state index contributed by atoms with van der Waals surface area (Å²) in [7, 11) is 1.75. The third-order valence-corrected chi connectivity index (χ3v) is 4.60. The maximum Gasteiger partial charge on any atom is 0.0502 e. The summed E-state index contributed by atoms with van der Waals surface area (Å²) in [5, 5.41) is 0. The van der Waals surface area contributed by atoms with Gasteiger partial charge in [0.15, 0.2) is 0 Å². The average Bonchev–Trinajstić information content (AvgIpc) is 2.31. The second kappa shape index (κ2) is 6.55. The number of rotatable bonds is 6. The Morgan fingerprint density at radius 1 is 1.29 bits per heavy atom. The number of halogens is 1. The van der Waals surface area contributed by atoms with Crippen molar-refractivity contribution < 1.29 is 4.74 Å². The van der Waals surface area contributed by atoms with E-state index in [1.807, 2.05) is 0 Å². The van der Waals surface area contributed by atoms with Crippen LogP contribution in [0.25, 0.3) is 0 Å². The summed E-state index contributed by atoms with van der Waals surface area (Å²) in [5.74, 6) is 0.951. The Hall–Kier alpha value is -0.340. The molecule has 1 nitrogen and oxygen atoms in total. The molecule has 0 amide bonds. The van der Waals surface area contributed by atoms with Crippen molar-refractivity contribution in [3.63, 3.8) is 0 Å². The van der Waals surface area contributed by atoms with Crippen molar-refractivity contribution in [2.75, 3.05) is 13.7 Å². The summed E-state index contributed by atoms with van der Waals surface area (Å²) in [5.41, 5.74) is 2.78. The van der Waals surface area contributed by atoms with Crippen molar-refractivity contribution in [1.82, 2.24) is 0 Å². The van der Waals surface area contributed by atoms with Gasteiger partial charge in [-0.15, -0.1) is 0 Å². The average molecular weight is 297 g/mol. The summed E-state index contributed by atoms with van der Waals surface area (Å²) in [6.07, 6.45) is 6.58. The first-order valence-corrected chi connectivity index (χ1v) is 7.43. The van der Waals surface area contributed by atoms with E-state index in [1.54, 1.807) is 7.11 Å². The van der Waals surface area contributed by atoms with Crippen molar-refractivity contribution >= 4 is 15.9 Å². The topological polar surface area (TPSA) is 9.23 Å². The van der Waals surface area contributed by atoms with Gasteiger partial charge in [-0.1, -0.05) is 59.5 Å². The van der Waals surface area contributed by atoms with Crippen LogP contribution in [0.1, 0.15) is 41.6 Å².